The van der Waals surface area contributed by atoms with Gasteiger partial charge in [-0.25, -0.2) is 0 Å². The monoisotopic (exact) mass is 212 g/mol. The zero-order valence-corrected chi connectivity index (χ0v) is 10.8. The summed E-state index contributed by atoms with van der Waals surface area (Å²) < 4.78 is 11.5. The average Bonchev–Trinajstić information content (AvgIpc) is 2.27. The van der Waals surface area contributed by atoms with Gasteiger partial charge in [-0.05, 0) is 22.0 Å². The summed E-state index contributed by atoms with van der Waals surface area (Å²) in [4.78, 5) is 0. The molecule has 1 rings (SSSR count). The van der Waals surface area contributed by atoms with Gasteiger partial charge in [0.15, 0.2) is 0 Å². The van der Waals surface area contributed by atoms with Gasteiger partial charge < -0.3 is 0 Å². The summed E-state index contributed by atoms with van der Waals surface area (Å²) in [5.41, 5.74) is 2.66. The fourth-order valence-corrected chi connectivity index (χ4v) is 3.05. The van der Waals surface area contributed by atoms with Crippen molar-refractivity contribution < 1.29 is 4.21 Å². The molecule has 0 aromatic rings. The van der Waals surface area contributed by atoms with Crippen molar-refractivity contribution in [1.29, 1.82) is 0 Å². The Labute approximate surface area is 89.7 Å². The van der Waals surface area contributed by atoms with Crippen molar-refractivity contribution in [2.45, 2.75) is 41.5 Å². The molecule has 0 atom stereocenters. The van der Waals surface area contributed by atoms with Crippen molar-refractivity contribution in [2.75, 3.05) is 0 Å². The van der Waals surface area contributed by atoms with Crippen LogP contribution < -0.4 is 0 Å². The molecule has 1 aliphatic heterocycles. The Bertz CT molecular complexity index is 289. The van der Waals surface area contributed by atoms with Crippen LogP contribution in [0.1, 0.15) is 41.5 Å². The van der Waals surface area contributed by atoms with E-state index >= 15 is 0 Å². The Hall–Kier alpha value is -0.370. The number of allylic oxidation sites excluding steroid dienone is 2. The molecular weight excluding hydrogens is 192 g/mol. The van der Waals surface area contributed by atoms with E-state index in [1.807, 2.05) is 10.8 Å². The topological polar surface area (TPSA) is 17.1 Å². The van der Waals surface area contributed by atoms with Gasteiger partial charge in [-0.2, -0.15) is 0 Å². The second-order valence-corrected chi connectivity index (χ2v) is 7.02. The van der Waals surface area contributed by atoms with Crippen LogP contribution in [0, 0.1) is 10.8 Å². The van der Waals surface area contributed by atoms with Gasteiger partial charge in [0.1, 0.15) is 0 Å². The van der Waals surface area contributed by atoms with Gasteiger partial charge in [0, 0.05) is 10.8 Å². The first-order valence-corrected chi connectivity index (χ1v) is 6.24. The number of rotatable bonds is 0. The number of hydrogen-bond donors (Lipinski definition) is 0. The van der Waals surface area contributed by atoms with E-state index in [9.17, 15) is 4.21 Å². The lowest BCUT2D eigenvalue weighted by atomic mass is 9.74. The molecule has 0 aromatic heterocycles. The van der Waals surface area contributed by atoms with E-state index in [0.29, 0.717) is 0 Å². The van der Waals surface area contributed by atoms with Gasteiger partial charge >= 0.3 is 0 Å². The van der Waals surface area contributed by atoms with Crippen LogP contribution >= 0.6 is 0 Å². The average molecular weight is 212 g/mol. The molecule has 0 radical (unpaired) electrons. The van der Waals surface area contributed by atoms with Gasteiger partial charge in [-0.15, -0.1) is 0 Å². The van der Waals surface area contributed by atoms with Crippen molar-refractivity contribution in [3.8, 4) is 0 Å². The summed E-state index contributed by atoms with van der Waals surface area (Å²) >= 11 is 0. The largest absolute Gasteiger partial charge is 0.250 e. The molecule has 80 valence electrons. The Morgan fingerprint density at radius 3 is 1.36 bits per heavy atom. The summed E-state index contributed by atoms with van der Waals surface area (Å²) in [6.07, 6.45) is 0. The third-order valence-electron chi connectivity index (χ3n) is 2.37. The van der Waals surface area contributed by atoms with Crippen LogP contribution in [0.4, 0.5) is 0 Å². The summed E-state index contributed by atoms with van der Waals surface area (Å²) in [6, 6.07) is 0. The molecule has 0 amide bonds. The summed E-state index contributed by atoms with van der Waals surface area (Å²) in [5, 5.41) is 3.78. The minimum absolute atomic E-state index is 0.0886. The Morgan fingerprint density at radius 2 is 1.14 bits per heavy atom. The third kappa shape index (κ3) is 2.35. The van der Waals surface area contributed by atoms with Crippen molar-refractivity contribution in [2.24, 2.45) is 10.8 Å². The SMILES string of the molecule is CC(C)(C)C1=CS(=O)C=C1C(C)(C)C. The number of hydrogen-bond acceptors (Lipinski definition) is 1. The van der Waals surface area contributed by atoms with E-state index in [0.717, 1.165) is 0 Å². The Morgan fingerprint density at radius 1 is 0.857 bits per heavy atom. The van der Waals surface area contributed by atoms with E-state index in [1.54, 1.807) is 0 Å². The van der Waals surface area contributed by atoms with Gasteiger partial charge in [0.25, 0.3) is 0 Å². The van der Waals surface area contributed by atoms with Crippen molar-refractivity contribution in [1.82, 2.24) is 0 Å². The predicted octanol–water partition coefficient (Wildman–Crippen LogP) is 3.61. The predicted molar refractivity (Wildman–Crippen MR) is 63.2 cm³/mol. The van der Waals surface area contributed by atoms with E-state index in [2.05, 4.69) is 41.5 Å². The van der Waals surface area contributed by atoms with Crippen LogP contribution in [0.5, 0.6) is 0 Å². The van der Waals surface area contributed by atoms with Crippen LogP contribution in [0.15, 0.2) is 22.0 Å². The van der Waals surface area contributed by atoms with Gasteiger partial charge in [-0.3, -0.25) is 4.21 Å². The van der Waals surface area contributed by atoms with Gasteiger partial charge in [0.2, 0.25) is 0 Å². The van der Waals surface area contributed by atoms with Crippen molar-refractivity contribution >= 4 is 10.8 Å². The zero-order chi connectivity index (χ0) is 11.1. The van der Waals surface area contributed by atoms with E-state index < -0.39 is 10.8 Å². The zero-order valence-electron chi connectivity index (χ0n) is 9.97. The van der Waals surface area contributed by atoms with Crippen molar-refractivity contribution in [3.63, 3.8) is 0 Å². The standard InChI is InChI=1S/C12H20OS/c1-11(2,3)9-7-14(13)8-10(9)12(4,5)6/h7-8H,1-6H3. The quantitative estimate of drug-likeness (QED) is 0.599. The molecule has 0 unspecified atom stereocenters. The first-order chi connectivity index (χ1) is 6.12. The molecule has 0 saturated carbocycles. The molecular formula is C12H20OS. The second kappa shape index (κ2) is 3.34. The van der Waals surface area contributed by atoms with Crippen LogP contribution in [0.25, 0.3) is 0 Å². The molecule has 1 nitrogen and oxygen atoms in total. The molecule has 0 N–H and O–H groups in total. The van der Waals surface area contributed by atoms with Gasteiger partial charge in [-0.1, -0.05) is 41.5 Å². The smallest absolute Gasteiger partial charge is 0.0708 e. The molecule has 0 bridgehead atoms. The van der Waals surface area contributed by atoms with Crippen LogP contribution in [0.3, 0.4) is 0 Å². The lowest BCUT2D eigenvalue weighted by Gasteiger charge is -2.30. The van der Waals surface area contributed by atoms with Crippen LogP contribution in [-0.4, -0.2) is 4.21 Å². The molecule has 0 saturated heterocycles. The molecule has 0 aliphatic carbocycles. The maximum absolute atomic E-state index is 11.5. The molecule has 1 aliphatic rings. The lowest BCUT2D eigenvalue weighted by Crippen LogP contribution is -2.18. The normalized spacial score (nSPS) is 19.6. The minimum atomic E-state index is -0.900. The maximum Gasteiger partial charge on any atom is 0.0708 e. The van der Waals surface area contributed by atoms with Crippen LogP contribution in [-0.2, 0) is 10.8 Å². The second-order valence-electron chi connectivity index (χ2n) is 5.89. The Balaban J connectivity index is 3.17. The molecule has 0 spiro atoms. The highest BCUT2D eigenvalue weighted by Crippen LogP contribution is 2.43. The first kappa shape index (κ1) is 11.7. The summed E-state index contributed by atoms with van der Waals surface area (Å²) in [5.74, 6) is 0. The highest BCUT2D eigenvalue weighted by Gasteiger charge is 2.31. The fourth-order valence-electron chi connectivity index (χ4n) is 1.55. The van der Waals surface area contributed by atoms with E-state index in [-0.39, 0.29) is 10.8 Å². The molecule has 2 heteroatoms. The maximum atomic E-state index is 11.5. The summed E-state index contributed by atoms with van der Waals surface area (Å²) in [6.45, 7) is 13.0. The minimum Gasteiger partial charge on any atom is -0.250 e. The summed E-state index contributed by atoms with van der Waals surface area (Å²) in [7, 11) is -0.900. The molecule has 0 aromatic carbocycles. The van der Waals surface area contributed by atoms with E-state index in [1.165, 1.54) is 11.1 Å². The molecule has 0 fully saturated rings. The highest BCUT2D eigenvalue weighted by atomic mass is 32.2. The Kier molecular flexibility index (Phi) is 2.79. The lowest BCUT2D eigenvalue weighted by molar-refractivity contribution is 0.449. The highest BCUT2D eigenvalue weighted by molar-refractivity contribution is 7.91. The molecule has 14 heavy (non-hydrogen) atoms. The first-order valence-electron chi connectivity index (χ1n) is 4.97. The van der Waals surface area contributed by atoms with Crippen LogP contribution in [0.2, 0.25) is 0 Å². The fraction of sp³-hybridized carbons (Fsp3) is 0.667. The molecule has 1 heterocycles. The third-order valence-corrected chi connectivity index (χ3v) is 3.31. The van der Waals surface area contributed by atoms with Crippen molar-refractivity contribution in [3.05, 3.63) is 22.0 Å². The van der Waals surface area contributed by atoms with E-state index in [4.69, 9.17) is 0 Å². The van der Waals surface area contributed by atoms with Gasteiger partial charge in [0.05, 0.1) is 10.8 Å².